The number of amides is 3. The summed E-state index contributed by atoms with van der Waals surface area (Å²) in [6, 6.07) is 21.3. The van der Waals surface area contributed by atoms with Gasteiger partial charge in [-0.2, -0.15) is 0 Å². The molecular formula is C25H20N2O4. The summed E-state index contributed by atoms with van der Waals surface area (Å²) < 4.78 is 0. The first-order chi connectivity index (χ1) is 15.0. The number of carbonyl (C=O) groups is 4. The number of rotatable bonds is 6. The monoisotopic (exact) mass is 412 g/mol. The van der Waals surface area contributed by atoms with E-state index in [0.29, 0.717) is 11.3 Å². The number of hydrogen-bond donors (Lipinski definition) is 1. The Morgan fingerprint density at radius 1 is 0.839 bits per heavy atom. The van der Waals surface area contributed by atoms with Crippen molar-refractivity contribution >= 4 is 29.2 Å². The van der Waals surface area contributed by atoms with Gasteiger partial charge in [0.25, 0.3) is 11.8 Å². The summed E-state index contributed by atoms with van der Waals surface area (Å²) >= 11 is 0. The van der Waals surface area contributed by atoms with Gasteiger partial charge in [-0.3, -0.25) is 24.1 Å². The first-order valence-corrected chi connectivity index (χ1v) is 9.88. The minimum absolute atomic E-state index is 0.128. The van der Waals surface area contributed by atoms with E-state index in [0.717, 1.165) is 10.5 Å². The van der Waals surface area contributed by atoms with Crippen molar-refractivity contribution in [1.29, 1.82) is 0 Å². The molecule has 1 atom stereocenters. The van der Waals surface area contributed by atoms with E-state index < -0.39 is 23.8 Å². The summed E-state index contributed by atoms with van der Waals surface area (Å²) in [7, 11) is 0. The Morgan fingerprint density at radius 2 is 1.45 bits per heavy atom. The summed E-state index contributed by atoms with van der Waals surface area (Å²) in [5.41, 5.74) is 2.27. The molecule has 3 amide bonds. The Bertz CT molecular complexity index is 1150. The molecule has 154 valence electrons. The second-order valence-corrected chi connectivity index (χ2v) is 7.36. The number of anilines is 1. The van der Waals surface area contributed by atoms with Gasteiger partial charge in [0, 0.05) is 17.7 Å². The fourth-order valence-electron chi connectivity index (χ4n) is 3.67. The minimum atomic E-state index is -1.05. The fourth-order valence-corrected chi connectivity index (χ4v) is 3.67. The molecule has 31 heavy (non-hydrogen) atoms. The lowest BCUT2D eigenvalue weighted by Gasteiger charge is -2.25. The number of nitrogens with zero attached hydrogens (tertiary/aromatic N) is 1. The normalized spacial score (nSPS) is 13.6. The zero-order valence-corrected chi connectivity index (χ0v) is 16.9. The Balaban J connectivity index is 1.67. The summed E-state index contributed by atoms with van der Waals surface area (Å²) in [6.45, 7) is 1.44. The van der Waals surface area contributed by atoms with Gasteiger partial charge in [0.05, 0.1) is 11.1 Å². The van der Waals surface area contributed by atoms with Crippen LogP contribution in [0.2, 0.25) is 0 Å². The molecule has 6 nitrogen and oxygen atoms in total. The van der Waals surface area contributed by atoms with Crippen molar-refractivity contribution in [2.45, 2.75) is 19.4 Å². The Morgan fingerprint density at radius 3 is 2.06 bits per heavy atom. The van der Waals surface area contributed by atoms with Gasteiger partial charge in [-0.1, -0.05) is 54.6 Å². The van der Waals surface area contributed by atoms with Crippen LogP contribution in [0.5, 0.6) is 0 Å². The van der Waals surface area contributed by atoms with Crippen LogP contribution in [0.15, 0.2) is 78.9 Å². The molecule has 0 saturated carbocycles. The molecule has 0 fully saturated rings. The molecule has 0 aliphatic carbocycles. The number of benzene rings is 3. The number of fused-ring (bicyclic) bond motifs is 1. The van der Waals surface area contributed by atoms with Crippen LogP contribution >= 0.6 is 0 Å². The van der Waals surface area contributed by atoms with E-state index in [1.165, 1.54) is 6.92 Å². The van der Waals surface area contributed by atoms with Crippen LogP contribution in [-0.2, 0) is 11.2 Å². The lowest BCUT2D eigenvalue weighted by atomic mass is 10.0. The smallest absolute Gasteiger partial charge is 0.262 e. The number of Topliss-reactive ketones (excluding diaryl/α,β-unsaturated/α-hetero) is 1. The van der Waals surface area contributed by atoms with Crippen molar-refractivity contribution in [3.63, 3.8) is 0 Å². The van der Waals surface area contributed by atoms with Gasteiger partial charge in [-0.15, -0.1) is 0 Å². The lowest BCUT2D eigenvalue weighted by Crippen LogP contribution is -2.48. The van der Waals surface area contributed by atoms with Gasteiger partial charge in [-0.05, 0) is 36.8 Å². The van der Waals surface area contributed by atoms with Crippen LogP contribution in [0.1, 0.15) is 43.6 Å². The van der Waals surface area contributed by atoms with E-state index in [1.54, 1.807) is 48.5 Å². The third-order valence-electron chi connectivity index (χ3n) is 5.25. The van der Waals surface area contributed by atoms with Crippen LogP contribution in [0.3, 0.4) is 0 Å². The average Bonchev–Trinajstić information content (AvgIpc) is 3.03. The molecule has 1 N–H and O–H groups in total. The van der Waals surface area contributed by atoms with E-state index >= 15 is 0 Å². The third-order valence-corrected chi connectivity index (χ3v) is 5.25. The quantitative estimate of drug-likeness (QED) is 0.494. The highest BCUT2D eigenvalue weighted by Crippen LogP contribution is 2.26. The number of hydrogen-bond acceptors (Lipinski definition) is 4. The van der Waals surface area contributed by atoms with E-state index in [2.05, 4.69) is 5.32 Å². The molecule has 3 aromatic carbocycles. The van der Waals surface area contributed by atoms with E-state index in [-0.39, 0.29) is 23.3 Å². The van der Waals surface area contributed by atoms with Crippen molar-refractivity contribution in [2.75, 3.05) is 5.32 Å². The van der Waals surface area contributed by atoms with Gasteiger partial charge in [-0.25, -0.2) is 0 Å². The molecule has 0 aromatic heterocycles. The highest BCUT2D eigenvalue weighted by atomic mass is 16.2. The van der Waals surface area contributed by atoms with E-state index in [9.17, 15) is 19.2 Å². The number of nitrogens with one attached hydrogen (secondary N) is 1. The molecule has 1 aliphatic heterocycles. The van der Waals surface area contributed by atoms with Gasteiger partial charge in [0.1, 0.15) is 6.04 Å². The maximum Gasteiger partial charge on any atom is 0.262 e. The maximum absolute atomic E-state index is 13.3. The van der Waals surface area contributed by atoms with Gasteiger partial charge in [0.15, 0.2) is 5.78 Å². The Labute approximate surface area is 179 Å². The molecule has 0 unspecified atom stereocenters. The van der Waals surface area contributed by atoms with Crippen molar-refractivity contribution < 1.29 is 19.2 Å². The van der Waals surface area contributed by atoms with Gasteiger partial charge in [0.2, 0.25) is 5.91 Å². The number of carbonyl (C=O) groups excluding carboxylic acids is 4. The predicted octanol–water partition coefficient (Wildman–Crippen LogP) is 3.74. The molecule has 1 heterocycles. The Kier molecular flexibility index (Phi) is 5.45. The molecule has 6 heteroatoms. The number of imide groups is 1. The van der Waals surface area contributed by atoms with E-state index in [1.807, 2.05) is 30.3 Å². The average molecular weight is 412 g/mol. The molecule has 3 aromatic rings. The van der Waals surface area contributed by atoms with Crippen molar-refractivity contribution in [1.82, 2.24) is 4.90 Å². The van der Waals surface area contributed by atoms with E-state index in [4.69, 9.17) is 0 Å². The topological polar surface area (TPSA) is 83.6 Å². The lowest BCUT2D eigenvalue weighted by molar-refractivity contribution is -0.119. The summed E-state index contributed by atoms with van der Waals surface area (Å²) in [6.07, 6.45) is 0.171. The zero-order chi connectivity index (χ0) is 22.0. The van der Waals surface area contributed by atoms with Crippen molar-refractivity contribution in [3.05, 3.63) is 101 Å². The first-order valence-electron chi connectivity index (χ1n) is 9.88. The number of ketones is 1. The second kappa shape index (κ2) is 8.36. The van der Waals surface area contributed by atoms with Gasteiger partial charge < -0.3 is 5.32 Å². The summed E-state index contributed by atoms with van der Waals surface area (Å²) in [4.78, 5) is 52.0. The Hall–Kier alpha value is -4.06. The minimum Gasteiger partial charge on any atom is -0.324 e. The SMILES string of the molecule is CC(=O)c1cccc(NC(=O)[C@@H](Cc2ccccc2)N2C(=O)c3ccccc3C2=O)c1. The maximum atomic E-state index is 13.3. The van der Waals surface area contributed by atoms with Crippen LogP contribution < -0.4 is 5.32 Å². The summed E-state index contributed by atoms with van der Waals surface area (Å²) in [5.74, 6) is -1.61. The molecule has 0 saturated heterocycles. The highest BCUT2D eigenvalue weighted by Gasteiger charge is 2.42. The van der Waals surface area contributed by atoms with Crippen LogP contribution in [-0.4, -0.2) is 34.4 Å². The standard InChI is InChI=1S/C25H20N2O4/c1-16(28)18-10-7-11-19(15-18)26-23(29)22(14-17-8-3-2-4-9-17)27-24(30)20-12-5-6-13-21(20)25(27)31/h2-13,15,22H,14H2,1H3,(H,26,29)/t22-/m1/s1. The third kappa shape index (κ3) is 4.00. The van der Waals surface area contributed by atoms with Crippen molar-refractivity contribution in [2.24, 2.45) is 0 Å². The molecule has 0 radical (unpaired) electrons. The molecule has 0 spiro atoms. The van der Waals surface area contributed by atoms with Crippen LogP contribution in [0, 0.1) is 0 Å². The van der Waals surface area contributed by atoms with Crippen LogP contribution in [0.4, 0.5) is 5.69 Å². The molecular weight excluding hydrogens is 392 g/mol. The first kappa shape index (κ1) is 20.2. The predicted molar refractivity (Wildman–Crippen MR) is 116 cm³/mol. The largest absolute Gasteiger partial charge is 0.324 e. The summed E-state index contributed by atoms with van der Waals surface area (Å²) in [5, 5.41) is 2.77. The fraction of sp³-hybridized carbons (Fsp3) is 0.120. The zero-order valence-electron chi connectivity index (χ0n) is 16.9. The molecule has 0 bridgehead atoms. The highest BCUT2D eigenvalue weighted by molar-refractivity contribution is 6.23. The van der Waals surface area contributed by atoms with Crippen molar-refractivity contribution in [3.8, 4) is 0 Å². The van der Waals surface area contributed by atoms with Gasteiger partial charge >= 0.3 is 0 Å². The molecule has 4 rings (SSSR count). The molecule has 1 aliphatic rings. The van der Waals surface area contributed by atoms with Crippen LogP contribution in [0.25, 0.3) is 0 Å². The second-order valence-electron chi connectivity index (χ2n) is 7.36.